The predicted octanol–water partition coefficient (Wildman–Crippen LogP) is -1.38. The van der Waals surface area contributed by atoms with E-state index in [1.54, 1.807) is 0 Å². The molecule has 0 radical (unpaired) electrons. The van der Waals surface area contributed by atoms with E-state index in [9.17, 15) is 9.59 Å². The molecule has 0 atom stereocenters. The van der Waals surface area contributed by atoms with Gasteiger partial charge < -0.3 is 5.32 Å². The van der Waals surface area contributed by atoms with Crippen LogP contribution < -0.4 is 10.6 Å². The maximum Gasteiger partial charge on any atom is 0.240 e. The van der Waals surface area contributed by atoms with Crippen LogP contribution in [0, 0.1) is 0 Å². The zero-order chi connectivity index (χ0) is 6.69. The zero-order valence-electron chi connectivity index (χ0n) is 4.94. The molecule has 1 aliphatic heterocycles. The van der Waals surface area contributed by atoms with Crippen LogP contribution in [0.15, 0.2) is 0 Å². The molecule has 9 heavy (non-hydrogen) atoms. The predicted molar refractivity (Wildman–Crippen MR) is 30.6 cm³/mol. The molecule has 4 heteroatoms. The summed E-state index contributed by atoms with van der Waals surface area (Å²) < 4.78 is 0. The van der Waals surface area contributed by atoms with Crippen molar-refractivity contribution in [2.24, 2.45) is 0 Å². The van der Waals surface area contributed by atoms with Gasteiger partial charge in [0.05, 0.1) is 6.54 Å². The fourth-order valence-electron chi connectivity index (χ4n) is 0.666. The van der Waals surface area contributed by atoms with Crippen LogP contribution in [0.3, 0.4) is 0 Å². The first-order valence-corrected chi connectivity index (χ1v) is 2.82. The number of nitrogens with one attached hydrogen (secondary N) is 2. The first-order valence-electron chi connectivity index (χ1n) is 2.82. The molecule has 1 rings (SSSR count). The van der Waals surface area contributed by atoms with Gasteiger partial charge in [0.15, 0.2) is 0 Å². The number of hydrogen-bond acceptors (Lipinski definition) is 3. The lowest BCUT2D eigenvalue weighted by Crippen LogP contribution is -2.31. The Balaban J connectivity index is 2.47. The fourth-order valence-corrected chi connectivity index (χ4v) is 0.666. The molecule has 2 amide bonds. The molecule has 0 bridgehead atoms. The van der Waals surface area contributed by atoms with Gasteiger partial charge in [-0.25, -0.2) is 0 Å². The molecular weight excluding hydrogens is 120 g/mol. The number of imide groups is 1. The van der Waals surface area contributed by atoms with Crippen LogP contribution in [-0.4, -0.2) is 24.9 Å². The monoisotopic (exact) mass is 128 g/mol. The second-order valence-corrected chi connectivity index (χ2v) is 1.90. The van der Waals surface area contributed by atoms with E-state index < -0.39 is 0 Å². The number of hydrogen-bond donors (Lipinski definition) is 2. The van der Waals surface area contributed by atoms with E-state index in [0.29, 0.717) is 13.0 Å². The molecule has 0 saturated carbocycles. The molecule has 0 aromatic rings. The van der Waals surface area contributed by atoms with Crippen LogP contribution >= 0.6 is 0 Å². The van der Waals surface area contributed by atoms with Gasteiger partial charge in [-0.1, -0.05) is 0 Å². The van der Waals surface area contributed by atoms with E-state index in [-0.39, 0.29) is 18.4 Å². The Hall–Kier alpha value is -0.900. The lowest BCUT2D eigenvalue weighted by atomic mass is 10.4. The van der Waals surface area contributed by atoms with E-state index in [1.807, 2.05) is 0 Å². The molecule has 50 valence electrons. The molecule has 1 aliphatic rings. The van der Waals surface area contributed by atoms with Crippen LogP contribution in [0.5, 0.6) is 0 Å². The highest BCUT2D eigenvalue weighted by atomic mass is 16.2. The molecule has 0 aliphatic carbocycles. The summed E-state index contributed by atoms with van der Waals surface area (Å²) in [7, 11) is 0. The Bertz CT molecular complexity index is 128. The summed E-state index contributed by atoms with van der Waals surface area (Å²) in [6.45, 7) is 0.851. The topological polar surface area (TPSA) is 58.2 Å². The first-order chi connectivity index (χ1) is 4.29. The van der Waals surface area contributed by atoms with Crippen molar-refractivity contribution in [3.8, 4) is 0 Å². The van der Waals surface area contributed by atoms with Gasteiger partial charge in [0.2, 0.25) is 11.8 Å². The van der Waals surface area contributed by atoms with Crippen LogP contribution in [0.2, 0.25) is 0 Å². The van der Waals surface area contributed by atoms with Crippen molar-refractivity contribution in [1.82, 2.24) is 10.6 Å². The van der Waals surface area contributed by atoms with E-state index in [1.165, 1.54) is 0 Å². The summed E-state index contributed by atoms with van der Waals surface area (Å²) in [6, 6.07) is 0. The van der Waals surface area contributed by atoms with Gasteiger partial charge in [0.1, 0.15) is 0 Å². The average molecular weight is 128 g/mol. The van der Waals surface area contributed by atoms with Gasteiger partial charge in [-0.2, -0.15) is 0 Å². The lowest BCUT2D eigenvalue weighted by Gasteiger charge is -1.92. The van der Waals surface area contributed by atoms with Crippen molar-refractivity contribution in [2.75, 3.05) is 13.1 Å². The van der Waals surface area contributed by atoms with E-state index in [2.05, 4.69) is 10.6 Å². The van der Waals surface area contributed by atoms with Crippen molar-refractivity contribution in [3.63, 3.8) is 0 Å². The molecule has 1 saturated heterocycles. The molecule has 1 heterocycles. The minimum Gasteiger partial charge on any atom is -0.308 e. The third-order valence-corrected chi connectivity index (χ3v) is 1.09. The van der Waals surface area contributed by atoms with Crippen molar-refractivity contribution >= 4 is 11.8 Å². The van der Waals surface area contributed by atoms with Crippen molar-refractivity contribution in [2.45, 2.75) is 6.42 Å². The van der Waals surface area contributed by atoms with Gasteiger partial charge in [-0.15, -0.1) is 0 Å². The number of carbonyl (C=O) groups is 2. The second kappa shape index (κ2) is 2.59. The Kier molecular flexibility index (Phi) is 1.79. The van der Waals surface area contributed by atoms with Crippen molar-refractivity contribution < 1.29 is 9.59 Å². The van der Waals surface area contributed by atoms with E-state index in [0.717, 1.165) is 0 Å². The molecule has 0 spiro atoms. The zero-order valence-corrected chi connectivity index (χ0v) is 4.94. The normalized spacial score (nSPS) is 20.9. The number of rotatable bonds is 0. The average Bonchev–Trinajstić information content (AvgIpc) is 1.93. The summed E-state index contributed by atoms with van der Waals surface area (Å²) in [5.74, 6) is -0.428. The Morgan fingerprint density at radius 3 is 2.78 bits per heavy atom. The van der Waals surface area contributed by atoms with Crippen molar-refractivity contribution in [3.05, 3.63) is 0 Å². The minimum atomic E-state index is -0.238. The lowest BCUT2D eigenvalue weighted by molar-refractivity contribution is -0.128. The molecular formula is C5H8N2O2. The maximum absolute atomic E-state index is 10.5. The number of carbonyl (C=O) groups excluding carboxylic acids is 2. The molecule has 4 nitrogen and oxygen atoms in total. The van der Waals surface area contributed by atoms with Gasteiger partial charge in [0, 0.05) is 13.0 Å². The largest absolute Gasteiger partial charge is 0.308 e. The van der Waals surface area contributed by atoms with Crippen LogP contribution in [0.25, 0.3) is 0 Å². The quantitative estimate of drug-likeness (QED) is 0.395. The smallest absolute Gasteiger partial charge is 0.240 e. The Labute approximate surface area is 52.6 Å². The summed E-state index contributed by atoms with van der Waals surface area (Å²) in [5.41, 5.74) is 0. The number of amides is 2. The highest BCUT2D eigenvalue weighted by Crippen LogP contribution is 1.81. The Morgan fingerprint density at radius 2 is 2.00 bits per heavy atom. The maximum atomic E-state index is 10.5. The molecule has 0 unspecified atom stereocenters. The van der Waals surface area contributed by atoms with Gasteiger partial charge in [0.25, 0.3) is 0 Å². The summed E-state index contributed by atoms with van der Waals surface area (Å²) in [5, 5.41) is 5.00. The molecule has 0 aromatic heterocycles. The van der Waals surface area contributed by atoms with Crippen molar-refractivity contribution in [1.29, 1.82) is 0 Å². The SMILES string of the molecule is O=C1CCNCC(=O)N1. The highest BCUT2D eigenvalue weighted by molar-refractivity contribution is 5.96. The van der Waals surface area contributed by atoms with E-state index >= 15 is 0 Å². The molecule has 0 aromatic carbocycles. The first kappa shape index (κ1) is 6.22. The van der Waals surface area contributed by atoms with Crippen LogP contribution in [0.1, 0.15) is 6.42 Å². The van der Waals surface area contributed by atoms with Gasteiger partial charge in [-0.3, -0.25) is 14.9 Å². The third-order valence-electron chi connectivity index (χ3n) is 1.09. The summed E-state index contributed by atoms with van der Waals surface area (Å²) in [4.78, 5) is 21.0. The molecule has 2 N–H and O–H groups in total. The van der Waals surface area contributed by atoms with Gasteiger partial charge >= 0.3 is 0 Å². The highest BCUT2D eigenvalue weighted by Gasteiger charge is 2.10. The summed E-state index contributed by atoms with van der Waals surface area (Å²) in [6.07, 6.45) is 0.395. The standard InChI is InChI=1S/C5H8N2O2/c8-4-1-2-6-3-5(9)7-4/h6H,1-3H2,(H,7,8,9). The van der Waals surface area contributed by atoms with Crippen LogP contribution in [-0.2, 0) is 9.59 Å². The van der Waals surface area contributed by atoms with Gasteiger partial charge in [-0.05, 0) is 0 Å². The second-order valence-electron chi connectivity index (χ2n) is 1.90. The van der Waals surface area contributed by atoms with Crippen LogP contribution in [0.4, 0.5) is 0 Å². The molecule has 1 fully saturated rings. The van der Waals surface area contributed by atoms with E-state index in [4.69, 9.17) is 0 Å². The minimum absolute atomic E-state index is 0.190. The third kappa shape index (κ3) is 1.81. The Morgan fingerprint density at radius 1 is 1.22 bits per heavy atom. The summed E-state index contributed by atoms with van der Waals surface area (Å²) >= 11 is 0. The fraction of sp³-hybridized carbons (Fsp3) is 0.600.